The first-order chi connectivity index (χ1) is 32.3. The Hall–Kier alpha value is -2.55. The van der Waals surface area contributed by atoms with Crippen molar-refractivity contribution in [2.75, 3.05) is 26.4 Å². The van der Waals surface area contributed by atoms with Gasteiger partial charge in [-0.1, -0.05) is 215 Å². The number of esters is 2. The third-order valence-corrected chi connectivity index (χ3v) is 12.3. The van der Waals surface area contributed by atoms with Crippen LogP contribution in [0.4, 0.5) is 0 Å². The molecule has 0 aromatic carbocycles. The van der Waals surface area contributed by atoms with Gasteiger partial charge in [0.25, 0.3) is 0 Å². The number of carbonyl (C=O) groups excluding carboxylic acids is 2. The van der Waals surface area contributed by atoms with Gasteiger partial charge in [0.1, 0.15) is 6.61 Å². The summed E-state index contributed by atoms with van der Waals surface area (Å²) in [5.41, 5.74) is 5.36. The fourth-order valence-electron chi connectivity index (χ4n) is 7.36. The molecule has 0 aliphatic rings. The summed E-state index contributed by atoms with van der Waals surface area (Å²) in [6.07, 6.45) is 65.4. The number of nitrogens with two attached hydrogens (primary N) is 1. The van der Waals surface area contributed by atoms with Gasteiger partial charge in [-0.25, -0.2) is 4.57 Å². The Balaban J connectivity index is 3.88. The van der Waals surface area contributed by atoms with Crippen molar-refractivity contribution in [1.29, 1.82) is 0 Å². The van der Waals surface area contributed by atoms with E-state index in [-0.39, 0.29) is 32.6 Å². The molecule has 382 valence electrons. The molecule has 0 radical (unpaired) electrons. The molecule has 2 atom stereocenters. The van der Waals surface area contributed by atoms with Gasteiger partial charge in [0.05, 0.1) is 13.2 Å². The van der Waals surface area contributed by atoms with Crippen LogP contribution in [0.1, 0.15) is 239 Å². The number of unbranched alkanes of at least 4 members (excludes halogenated alkanes) is 25. The summed E-state index contributed by atoms with van der Waals surface area (Å²) >= 11 is 0. The summed E-state index contributed by atoms with van der Waals surface area (Å²) < 4.78 is 32.9. The Labute approximate surface area is 405 Å². The third-order valence-electron chi connectivity index (χ3n) is 11.3. The van der Waals surface area contributed by atoms with Gasteiger partial charge >= 0.3 is 19.8 Å². The van der Waals surface area contributed by atoms with Crippen molar-refractivity contribution in [3.8, 4) is 0 Å². The van der Waals surface area contributed by atoms with Gasteiger partial charge < -0.3 is 20.1 Å². The van der Waals surface area contributed by atoms with Crippen LogP contribution >= 0.6 is 7.82 Å². The van der Waals surface area contributed by atoms with Crippen LogP contribution in [0, 0.1) is 0 Å². The molecule has 0 aliphatic heterocycles. The number of ether oxygens (including phenoxy) is 2. The molecule has 0 saturated heterocycles. The van der Waals surface area contributed by atoms with Crippen molar-refractivity contribution in [3.05, 3.63) is 72.9 Å². The molecule has 0 saturated carbocycles. The molecule has 3 N–H and O–H groups in total. The van der Waals surface area contributed by atoms with Crippen LogP contribution in [0.15, 0.2) is 72.9 Å². The molecular weight excluding hydrogens is 846 g/mol. The molecule has 10 heteroatoms. The molecule has 0 aliphatic carbocycles. The highest BCUT2D eigenvalue weighted by Gasteiger charge is 2.26. The van der Waals surface area contributed by atoms with Crippen molar-refractivity contribution in [2.24, 2.45) is 5.73 Å². The van der Waals surface area contributed by atoms with Crippen molar-refractivity contribution in [3.63, 3.8) is 0 Å². The maximum absolute atomic E-state index is 12.7. The van der Waals surface area contributed by atoms with Gasteiger partial charge in [-0.3, -0.25) is 18.6 Å². The highest BCUT2D eigenvalue weighted by Crippen LogP contribution is 2.43. The molecule has 2 unspecified atom stereocenters. The molecule has 0 amide bonds. The number of phosphoric acid groups is 1. The predicted octanol–water partition coefficient (Wildman–Crippen LogP) is 16.6. The Kier molecular flexibility index (Phi) is 49.8. The van der Waals surface area contributed by atoms with Crippen LogP contribution in [-0.2, 0) is 32.7 Å². The standard InChI is InChI=1S/C56H100NO8P/c1-3-5-7-9-11-13-15-17-18-19-20-21-22-23-24-25-26-27-28-29-30-31-32-33-34-35-36-37-39-41-43-45-47-49-56(59)65-54(53-64-66(60,61)63-51-50-57)52-62-55(58)48-46-44-42-40-38-16-14-12-10-8-6-4-2/h5,7,11-14,17-18,20-21,23-24,54H,3-4,6,8-10,15-16,19,22,25-53,57H2,1-2H3,(H,60,61)/b7-5-,13-11-,14-12-,18-17-,21-20-,24-23-. The monoisotopic (exact) mass is 946 g/mol. The summed E-state index contributed by atoms with van der Waals surface area (Å²) in [5.74, 6) is -0.835. The summed E-state index contributed by atoms with van der Waals surface area (Å²) in [6.45, 7) is 3.60. The number of carbonyl (C=O) groups is 2. The lowest BCUT2D eigenvalue weighted by Crippen LogP contribution is -2.29. The number of hydrogen-bond acceptors (Lipinski definition) is 8. The number of allylic oxidation sites excluding steroid dienone is 12. The minimum Gasteiger partial charge on any atom is -0.462 e. The fourth-order valence-corrected chi connectivity index (χ4v) is 8.13. The highest BCUT2D eigenvalue weighted by atomic mass is 31.2. The minimum absolute atomic E-state index is 0.0513. The van der Waals surface area contributed by atoms with Crippen molar-refractivity contribution < 1.29 is 37.6 Å². The largest absolute Gasteiger partial charge is 0.472 e. The molecule has 0 rings (SSSR count). The van der Waals surface area contributed by atoms with Gasteiger partial charge in [-0.05, 0) is 83.5 Å². The van der Waals surface area contributed by atoms with E-state index in [1.165, 1.54) is 116 Å². The van der Waals surface area contributed by atoms with Gasteiger partial charge in [0, 0.05) is 19.4 Å². The maximum Gasteiger partial charge on any atom is 0.472 e. The second-order valence-electron chi connectivity index (χ2n) is 17.7. The van der Waals surface area contributed by atoms with Crippen molar-refractivity contribution in [2.45, 2.75) is 245 Å². The van der Waals surface area contributed by atoms with E-state index >= 15 is 0 Å². The van der Waals surface area contributed by atoms with E-state index in [2.05, 4.69) is 86.8 Å². The van der Waals surface area contributed by atoms with E-state index in [0.717, 1.165) is 89.9 Å². The zero-order valence-corrected chi connectivity index (χ0v) is 43.3. The number of hydrogen-bond donors (Lipinski definition) is 2. The number of rotatable bonds is 50. The van der Waals surface area contributed by atoms with Crippen molar-refractivity contribution >= 4 is 19.8 Å². The fraction of sp³-hybridized carbons (Fsp3) is 0.750. The summed E-state index contributed by atoms with van der Waals surface area (Å²) in [5, 5.41) is 0. The van der Waals surface area contributed by atoms with Crippen LogP contribution < -0.4 is 5.73 Å². The van der Waals surface area contributed by atoms with Crippen LogP contribution in [-0.4, -0.2) is 49.3 Å². The van der Waals surface area contributed by atoms with E-state index in [0.29, 0.717) is 6.42 Å². The lowest BCUT2D eigenvalue weighted by atomic mass is 10.0. The summed E-state index contributed by atoms with van der Waals surface area (Å²) in [4.78, 5) is 35.0. The second-order valence-corrected chi connectivity index (χ2v) is 19.2. The van der Waals surface area contributed by atoms with Gasteiger partial charge in [0.2, 0.25) is 0 Å². The molecule has 9 nitrogen and oxygen atoms in total. The minimum atomic E-state index is -4.38. The smallest absolute Gasteiger partial charge is 0.462 e. The molecule has 0 fully saturated rings. The van der Waals surface area contributed by atoms with E-state index in [1.54, 1.807) is 0 Å². The Morgan fingerprint density at radius 1 is 0.470 bits per heavy atom. The van der Waals surface area contributed by atoms with Gasteiger partial charge in [-0.15, -0.1) is 0 Å². The molecule has 0 aromatic heterocycles. The van der Waals surface area contributed by atoms with Crippen LogP contribution in [0.3, 0.4) is 0 Å². The van der Waals surface area contributed by atoms with E-state index in [1.807, 2.05) is 0 Å². The normalized spacial score (nSPS) is 13.7. The Morgan fingerprint density at radius 3 is 1.26 bits per heavy atom. The Morgan fingerprint density at radius 2 is 0.833 bits per heavy atom. The lowest BCUT2D eigenvalue weighted by Gasteiger charge is -2.19. The lowest BCUT2D eigenvalue weighted by molar-refractivity contribution is -0.161. The molecule has 0 aromatic rings. The van der Waals surface area contributed by atoms with Gasteiger partial charge in [0.15, 0.2) is 6.10 Å². The zero-order valence-electron chi connectivity index (χ0n) is 42.4. The average Bonchev–Trinajstić information content (AvgIpc) is 3.31. The SMILES string of the molecule is CC/C=C\C/C=C\C/C=C\C/C=C\C/C=C\CCCCCCCCCCCCCCCCCCCC(=O)OC(COC(=O)CCCCCCC/C=C\CCCCC)COP(=O)(O)OCCN. The average molecular weight is 946 g/mol. The van der Waals surface area contributed by atoms with Crippen LogP contribution in [0.25, 0.3) is 0 Å². The molecule has 66 heavy (non-hydrogen) atoms. The zero-order chi connectivity index (χ0) is 48.1. The highest BCUT2D eigenvalue weighted by molar-refractivity contribution is 7.47. The van der Waals surface area contributed by atoms with Crippen molar-refractivity contribution in [1.82, 2.24) is 0 Å². The summed E-state index contributed by atoms with van der Waals surface area (Å²) in [7, 11) is -4.38. The Bertz CT molecular complexity index is 1310. The van der Waals surface area contributed by atoms with Gasteiger partial charge in [-0.2, -0.15) is 0 Å². The number of phosphoric ester groups is 1. The first kappa shape index (κ1) is 63.5. The van der Waals surface area contributed by atoms with Crippen LogP contribution in [0.5, 0.6) is 0 Å². The van der Waals surface area contributed by atoms with Crippen LogP contribution in [0.2, 0.25) is 0 Å². The molecule has 0 heterocycles. The first-order valence-electron chi connectivity index (χ1n) is 26.9. The van der Waals surface area contributed by atoms with E-state index < -0.39 is 32.5 Å². The topological polar surface area (TPSA) is 134 Å². The molecule has 0 bridgehead atoms. The molecule has 0 spiro atoms. The predicted molar refractivity (Wildman–Crippen MR) is 279 cm³/mol. The van der Waals surface area contributed by atoms with E-state index in [9.17, 15) is 19.0 Å². The third kappa shape index (κ3) is 50.9. The second kappa shape index (κ2) is 51.8. The van der Waals surface area contributed by atoms with E-state index in [4.69, 9.17) is 24.3 Å². The molecular formula is C56H100NO8P. The summed E-state index contributed by atoms with van der Waals surface area (Å²) in [6, 6.07) is 0. The quantitative estimate of drug-likeness (QED) is 0.0264. The maximum atomic E-state index is 12.7. The first-order valence-corrected chi connectivity index (χ1v) is 28.4.